The van der Waals surface area contributed by atoms with Gasteiger partial charge < -0.3 is 4.42 Å². The summed E-state index contributed by atoms with van der Waals surface area (Å²) in [4.78, 5) is 0. The molecule has 0 saturated carbocycles. The molecule has 0 aliphatic heterocycles. The van der Waals surface area contributed by atoms with Gasteiger partial charge >= 0.3 is 0 Å². The third-order valence-electron chi connectivity index (χ3n) is 5.44. The van der Waals surface area contributed by atoms with Gasteiger partial charge in [0.05, 0.1) is 6.26 Å². The zero-order valence-electron chi connectivity index (χ0n) is 15.0. The molecule has 4 aromatic rings. The Balaban J connectivity index is 1.70. The molecule has 0 spiro atoms. The van der Waals surface area contributed by atoms with Gasteiger partial charge in [-0.15, -0.1) is 0 Å². The van der Waals surface area contributed by atoms with Crippen LogP contribution in [0.25, 0.3) is 33.5 Å². The van der Waals surface area contributed by atoms with Crippen molar-refractivity contribution in [3.63, 3.8) is 0 Å². The molecule has 0 amide bonds. The fraction of sp³-hybridized carbons (Fsp3) is 0.120. The van der Waals surface area contributed by atoms with Gasteiger partial charge in [-0.25, -0.2) is 0 Å². The van der Waals surface area contributed by atoms with E-state index in [1.165, 1.54) is 49.7 Å². The van der Waals surface area contributed by atoms with E-state index >= 15 is 0 Å². The van der Waals surface area contributed by atoms with E-state index in [2.05, 4.69) is 74.5 Å². The number of benzene rings is 3. The molecule has 1 aliphatic carbocycles. The standard InChI is InChI=1S/C25H20O/c1-16-7-8-20-14-22(25-17(2)11-12-26-25)15-23(20)24(16)21-10-9-18-5-3-4-6-19(18)13-21/h3-13,15H,14H2,1-2H3. The average Bonchev–Trinajstić information content (AvgIpc) is 3.27. The van der Waals surface area contributed by atoms with Crippen molar-refractivity contribution >= 4 is 22.4 Å². The zero-order valence-corrected chi connectivity index (χ0v) is 15.0. The number of furan rings is 1. The molecule has 1 heteroatoms. The molecular formula is C25H20O. The van der Waals surface area contributed by atoms with Crippen LogP contribution in [0, 0.1) is 13.8 Å². The zero-order chi connectivity index (χ0) is 17.7. The smallest absolute Gasteiger partial charge is 0.133 e. The molecule has 3 aromatic carbocycles. The number of fused-ring (bicyclic) bond motifs is 2. The molecule has 0 N–H and O–H groups in total. The van der Waals surface area contributed by atoms with Gasteiger partial charge in [-0.1, -0.05) is 48.5 Å². The monoisotopic (exact) mass is 336 g/mol. The molecule has 1 nitrogen and oxygen atoms in total. The predicted octanol–water partition coefficient (Wildman–Crippen LogP) is 6.81. The van der Waals surface area contributed by atoms with Crippen LogP contribution < -0.4 is 0 Å². The molecule has 0 atom stereocenters. The topological polar surface area (TPSA) is 13.1 Å². The van der Waals surface area contributed by atoms with Gasteiger partial charge in [0.25, 0.3) is 0 Å². The third-order valence-corrected chi connectivity index (χ3v) is 5.44. The van der Waals surface area contributed by atoms with Crippen LogP contribution in [0.4, 0.5) is 0 Å². The molecule has 1 aliphatic rings. The molecule has 26 heavy (non-hydrogen) atoms. The third kappa shape index (κ3) is 2.32. The first-order valence-electron chi connectivity index (χ1n) is 9.07. The molecule has 0 bridgehead atoms. The molecule has 1 aromatic heterocycles. The molecule has 0 unspecified atom stereocenters. The highest BCUT2D eigenvalue weighted by Crippen LogP contribution is 2.40. The van der Waals surface area contributed by atoms with Crippen LogP contribution in [0.2, 0.25) is 0 Å². The van der Waals surface area contributed by atoms with E-state index in [0.29, 0.717) is 0 Å². The number of hydrogen-bond donors (Lipinski definition) is 0. The second kappa shape index (κ2) is 5.74. The number of allylic oxidation sites excluding steroid dienone is 1. The second-order valence-electron chi connectivity index (χ2n) is 7.17. The lowest BCUT2D eigenvalue weighted by atomic mass is 9.91. The summed E-state index contributed by atoms with van der Waals surface area (Å²) < 4.78 is 5.74. The Morgan fingerprint density at radius 2 is 1.65 bits per heavy atom. The fourth-order valence-electron chi connectivity index (χ4n) is 4.10. The van der Waals surface area contributed by atoms with Crippen molar-refractivity contribution < 1.29 is 4.42 Å². The summed E-state index contributed by atoms with van der Waals surface area (Å²) in [6.07, 6.45) is 5.03. The lowest BCUT2D eigenvalue weighted by molar-refractivity contribution is 0.550. The van der Waals surface area contributed by atoms with Crippen LogP contribution in [0.15, 0.2) is 71.3 Å². The summed E-state index contributed by atoms with van der Waals surface area (Å²) in [7, 11) is 0. The van der Waals surface area contributed by atoms with Crippen molar-refractivity contribution in [2.24, 2.45) is 0 Å². The molecule has 1 heterocycles. The number of rotatable bonds is 2. The van der Waals surface area contributed by atoms with Gasteiger partial charge in [-0.3, -0.25) is 0 Å². The van der Waals surface area contributed by atoms with Crippen LogP contribution in [0.1, 0.15) is 28.0 Å². The second-order valence-corrected chi connectivity index (χ2v) is 7.17. The molecule has 126 valence electrons. The van der Waals surface area contributed by atoms with E-state index in [-0.39, 0.29) is 0 Å². The van der Waals surface area contributed by atoms with Crippen LogP contribution in [-0.2, 0) is 6.42 Å². The Labute approximate surface area is 153 Å². The summed E-state index contributed by atoms with van der Waals surface area (Å²) in [5.74, 6) is 1.02. The lowest BCUT2D eigenvalue weighted by Gasteiger charge is -2.12. The fourth-order valence-corrected chi connectivity index (χ4v) is 4.10. The minimum Gasteiger partial charge on any atom is -0.464 e. The van der Waals surface area contributed by atoms with Crippen molar-refractivity contribution in [1.82, 2.24) is 0 Å². The molecule has 0 radical (unpaired) electrons. The minimum atomic E-state index is 0.935. The quantitative estimate of drug-likeness (QED) is 0.392. The van der Waals surface area contributed by atoms with E-state index in [1.807, 2.05) is 6.07 Å². The molecule has 0 fully saturated rings. The highest BCUT2D eigenvalue weighted by Gasteiger charge is 2.21. The number of hydrogen-bond acceptors (Lipinski definition) is 1. The normalized spacial score (nSPS) is 13.1. The summed E-state index contributed by atoms with van der Waals surface area (Å²) in [6.45, 7) is 4.31. The summed E-state index contributed by atoms with van der Waals surface area (Å²) in [5, 5.41) is 2.56. The first-order valence-corrected chi connectivity index (χ1v) is 9.07. The maximum atomic E-state index is 5.74. The van der Waals surface area contributed by atoms with E-state index in [4.69, 9.17) is 4.42 Å². The maximum absolute atomic E-state index is 5.74. The minimum absolute atomic E-state index is 0.935. The van der Waals surface area contributed by atoms with Crippen LogP contribution in [-0.4, -0.2) is 0 Å². The van der Waals surface area contributed by atoms with Gasteiger partial charge in [0, 0.05) is 12.0 Å². The van der Waals surface area contributed by atoms with Gasteiger partial charge in [0.2, 0.25) is 0 Å². The SMILES string of the molecule is Cc1ccoc1C1=Cc2c(ccc(C)c2-c2ccc3ccccc3c2)C1. The molecular weight excluding hydrogens is 316 g/mol. The summed E-state index contributed by atoms with van der Waals surface area (Å²) in [5.41, 5.74) is 9.13. The predicted molar refractivity (Wildman–Crippen MR) is 109 cm³/mol. The lowest BCUT2D eigenvalue weighted by Crippen LogP contribution is -1.91. The van der Waals surface area contributed by atoms with Gasteiger partial charge in [0.1, 0.15) is 5.76 Å². The van der Waals surface area contributed by atoms with Gasteiger partial charge in [-0.05, 0) is 76.2 Å². The van der Waals surface area contributed by atoms with Crippen molar-refractivity contribution in [2.75, 3.05) is 0 Å². The Bertz CT molecular complexity index is 1170. The van der Waals surface area contributed by atoms with Crippen LogP contribution in [0.3, 0.4) is 0 Å². The number of aryl methyl sites for hydroxylation is 2. The summed E-state index contributed by atoms with van der Waals surface area (Å²) >= 11 is 0. The van der Waals surface area contributed by atoms with Gasteiger partial charge in [0.15, 0.2) is 0 Å². The van der Waals surface area contributed by atoms with Crippen LogP contribution >= 0.6 is 0 Å². The maximum Gasteiger partial charge on any atom is 0.133 e. The Hall–Kier alpha value is -3.06. The van der Waals surface area contributed by atoms with Crippen molar-refractivity contribution in [3.8, 4) is 11.1 Å². The van der Waals surface area contributed by atoms with E-state index in [9.17, 15) is 0 Å². The first kappa shape index (κ1) is 15.2. The Kier molecular flexibility index (Phi) is 3.36. The summed E-state index contributed by atoms with van der Waals surface area (Å²) in [6, 6.07) is 21.9. The van der Waals surface area contributed by atoms with Gasteiger partial charge in [-0.2, -0.15) is 0 Å². The van der Waals surface area contributed by atoms with Crippen molar-refractivity contribution in [1.29, 1.82) is 0 Å². The largest absolute Gasteiger partial charge is 0.464 e. The van der Waals surface area contributed by atoms with Crippen molar-refractivity contribution in [2.45, 2.75) is 20.3 Å². The highest BCUT2D eigenvalue weighted by molar-refractivity contribution is 5.96. The molecule has 0 saturated heterocycles. The van der Waals surface area contributed by atoms with E-state index in [0.717, 1.165) is 12.2 Å². The Morgan fingerprint density at radius 3 is 2.46 bits per heavy atom. The van der Waals surface area contributed by atoms with E-state index in [1.54, 1.807) is 6.26 Å². The highest BCUT2D eigenvalue weighted by atomic mass is 16.3. The molecule has 5 rings (SSSR count). The first-order chi connectivity index (χ1) is 12.7. The Morgan fingerprint density at radius 1 is 0.808 bits per heavy atom. The van der Waals surface area contributed by atoms with Crippen LogP contribution in [0.5, 0.6) is 0 Å². The van der Waals surface area contributed by atoms with E-state index < -0.39 is 0 Å². The van der Waals surface area contributed by atoms with Crippen molar-refractivity contribution in [3.05, 3.63) is 94.9 Å². The average molecular weight is 336 g/mol.